The van der Waals surface area contributed by atoms with Gasteiger partial charge in [0.15, 0.2) is 0 Å². The molecule has 0 aromatic carbocycles. The zero-order valence-electron chi connectivity index (χ0n) is 8.26. The number of piperidine rings is 1. The first-order chi connectivity index (χ1) is 5.28. The molecule has 1 heterocycles. The second-order valence-corrected chi connectivity index (χ2v) is 5.14. The van der Waals surface area contributed by atoms with Gasteiger partial charge < -0.3 is 5.11 Å². The predicted molar refractivity (Wildman–Crippen MR) is 51.1 cm³/mol. The van der Waals surface area contributed by atoms with Gasteiger partial charge in [-0.05, 0) is 52.3 Å². The van der Waals surface area contributed by atoms with Crippen LogP contribution >= 0.6 is 11.8 Å². The first-order valence-electron chi connectivity index (χ1n) is 4.42. The van der Waals surface area contributed by atoms with E-state index in [2.05, 4.69) is 13.8 Å². The van der Waals surface area contributed by atoms with Crippen molar-refractivity contribution >= 4 is 11.8 Å². The molecule has 0 aliphatic carbocycles. The number of aliphatic hydroxyl groups is 1. The molecule has 1 atom stereocenters. The molecule has 1 fully saturated rings. The van der Waals surface area contributed by atoms with Crippen LogP contribution in [0.15, 0.2) is 0 Å². The van der Waals surface area contributed by atoms with Crippen molar-refractivity contribution in [3.63, 3.8) is 0 Å². The van der Waals surface area contributed by atoms with Gasteiger partial charge in [-0.25, -0.2) is 4.42 Å². The number of halogens is 1. The Morgan fingerprint density at radius 3 is 2.25 bits per heavy atom. The van der Waals surface area contributed by atoms with Crippen molar-refractivity contribution < 1.29 is 5.11 Å². The van der Waals surface area contributed by atoms with Crippen molar-refractivity contribution in [3.05, 3.63) is 0 Å². The van der Waals surface area contributed by atoms with E-state index in [1.807, 2.05) is 13.8 Å². The molecule has 0 bridgehead atoms. The van der Waals surface area contributed by atoms with Crippen molar-refractivity contribution in [3.8, 4) is 0 Å². The van der Waals surface area contributed by atoms with E-state index in [9.17, 15) is 5.11 Å². The number of rotatable bonds is 0. The summed E-state index contributed by atoms with van der Waals surface area (Å²) in [5, 5.41) is 9.71. The van der Waals surface area contributed by atoms with Gasteiger partial charge in [0.05, 0.1) is 11.6 Å². The van der Waals surface area contributed by atoms with Crippen LogP contribution in [0.2, 0.25) is 0 Å². The fourth-order valence-corrected chi connectivity index (χ4v) is 2.05. The zero-order valence-corrected chi connectivity index (χ0v) is 9.02. The molecule has 1 rings (SSSR count). The fourth-order valence-electron chi connectivity index (χ4n) is 1.85. The minimum absolute atomic E-state index is 0.00964. The van der Waals surface area contributed by atoms with Crippen molar-refractivity contribution in [2.75, 3.05) is 0 Å². The molecule has 0 saturated carbocycles. The molecular formula is C9H18ClNO. The van der Waals surface area contributed by atoms with Crippen LogP contribution in [-0.2, 0) is 0 Å². The van der Waals surface area contributed by atoms with E-state index < -0.39 is 0 Å². The highest BCUT2D eigenvalue weighted by atomic mass is 35.5. The summed E-state index contributed by atoms with van der Waals surface area (Å²) in [6.45, 7) is 8.17. The largest absolute Gasteiger partial charge is 0.391 e. The van der Waals surface area contributed by atoms with Crippen LogP contribution in [0.4, 0.5) is 0 Å². The predicted octanol–water partition coefficient (Wildman–Crippen LogP) is 2.15. The fraction of sp³-hybridized carbons (Fsp3) is 1.00. The third-order valence-corrected chi connectivity index (χ3v) is 3.78. The van der Waals surface area contributed by atoms with Gasteiger partial charge in [-0.1, -0.05) is 0 Å². The Kier molecular flexibility index (Phi) is 2.45. The normalized spacial score (nSPS) is 35.0. The highest BCUT2D eigenvalue weighted by Crippen LogP contribution is 2.39. The Morgan fingerprint density at radius 1 is 1.33 bits per heavy atom. The monoisotopic (exact) mass is 191 g/mol. The molecule has 1 N–H and O–H groups in total. The Hall–Kier alpha value is 0.210. The molecule has 0 aromatic heterocycles. The van der Waals surface area contributed by atoms with Crippen LogP contribution in [0.5, 0.6) is 0 Å². The van der Waals surface area contributed by atoms with E-state index >= 15 is 0 Å². The lowest BCUT2D eigenvalue weighted by Gasteiger charge is -2.50. The molecule has 2 nitrogen and oxygen atoms in total. The van der Waals surface area contributed by atoms with Crippen LogP contribution < -0.4 is 0 Å². The molecule has 1 aliphatic heterocycles. The van der Waals surface area contributed by atoms with Crippen molar-refractivity contribution in [2.24, 2.45) is 0 Å². The number of hydrogen-bond donors (Lipinski definition) is 1. The van der Waals surface area contributed by atoms with Crippen LogP contribution in [0.1, 0.15) is 40.5 Å². The average Bonchev–Trinajstić information content (AvgIpc) is 1.96. The standard InChI is InChI=1S/C9H18ClNO/c1-8(2)6-5-7(12)9(3,4)11(8)10/h7,12H,5-6H2,1-4H3. The molecule has 0 aromatic rings. The first kappa shape index (κ1) is 10.3. The van der Waals surface area contributed by atoms with Gasteiger partial charge in [-0.3, -0.25) is 0 Å². The Balaban J connectivity index is 2.86. The van der Waals surface area contributed by atoms with Crippen molar-refractivity contribution in [2.45, 2.75) is 57.7 Å². The molecule has 72 valence electrons. The van der Waals surface area contributed by atoms with Gasteiger partial charge >= 0.3 is 0 Å². The third kappa shape index (κ3) is 1.48. The minimum atomic E-state index is -0.317. The molecule has 0 radical (unpaired) electrons. The molecule has 0 amide bonds. The summed E-state index contributed by atoms with van der Waals surface area (Å²) in [7, 11) is 0. The molecule has 0 spiro atoms. The maximum Gasteiger partial charge on any atom is 0.0732 e. The summed E-state index contributed by atoms with van der Waals surface area (Å²) in [5.74, 6) is 0. The average molecular weight is 192 g/mol. The summed E-state index contributed by atoms with van der Waals surface area (Å²) in [6, 6.07) is 0. The third-order valence-electron chi connectivity index (χ3n) is 2.88. The zero-order chi connectivity index (χ0) is 9.57. The molecule has 12 heavy (non-hydrogen) atoms. The van der Waals surface area contributed by atoms with Crippen molar-refractivity contribution in [1.82, 2.24) is 4.42 Å². The first-order valence-corrected chi connectivity index (χ1v) is 4.76. The van der Waals surface area contributed by atoms with Gasteiger partial charge in [0, 0.05) is 5.54 Å². The lowest BCUT2D eigenvalue weighted by atomic mass is 9.80. The number of aliphatic hydroxyl groups excluding tert-OH is 1. The van der Waals surface area contributed by atoms with Crippen LogP contribution in [0.3, 0.4) is 0 Å². The van der Waals surface area contributed by atoms with Crippen LogP contribution in [-0.4, -0.2) is 26.7 Å². The van der Waals surface area contributed by atoms with Crippen LogP contribution in [0, 0.1) is 0 Å². The van der Waals surface area contributed by atoms with E-state index in [0.29, 0.717) is 0 Å². The maximum absolute atomic E-state index is 9.71. The summed E-state index contributed by atoms with van der Waals surface area (Å²) < 4.78 is 1.76. The Bertz CT molecular complexity index is 179. The molecule has 1 saturated heterocycles. The summed E-state index contributed by atoms with van der Waals surface area (Å²) in [5.41, 5.74) is -0.326. The van der Waals surface area contributed by atoms with Crippen molar-refractivity contribution in [1.29, 1.82) is 0 Å². The number of hydrogen-bond acceptors (Lipinski definition) is 2. The van der Waals surface area contributed by atoms with Gasteiger partial charge in [-0.15, -0.1) is 0 Å². The Labute approximate surface area is 79.6 Å². The van der Waals surface area contributed by atoms with E-state index in [1.54, 1.807) is 4.42 Å². The lowest BCUT2D eigenvalue weighted by Crippen LogP contribution is -2.60. The highest BCUT2D eigenvalue weighted by Gasteiger charge is 2.45. The smallest absolute Gasteiger partial charge is 0.0732 e. The van der Waals surface area contributed by atoms with Crippen LogP contribution in [0.25, 0.3) is 0 Å². The lowest BCUT2D eigenvalue weighted by molar-refractivity contribution is -0.0523. The second kappa shape index (κ2) is 2.86. The summed E-state index contributed by atoms with van der Waals surface area (Å²) >= 11 is 6.17. The number of nitrogens with zero attached hydrogens (tertiary/aromatic N) is 1. The van der Waals surface area contributed by atoms with E-state index in [0.717, 1.165) is 12.8 Å². The second-order valence-electron chi connectivity index (χ2n) is 4.80. The van der Waals surface area contributed by atoms with E-state index in [1.165, 1.54) is 0 Å². The van der Waals surface area contributed by atoms with E-state index in [-0.39, 0.29) is 17.2 Å². The quantitative estimate of drug-likeness (QED) is 0.594. The summed E-state index contributed by atoms with van der Waals surface area (Å²) in [4.78, 5) is 0. The molecule has 3 heteroatoms. The van der Waals surface area contributed by atoms with Gasteiger partial charge in [0.25, 0.3) is 0 Å². The van der Waals surface area contributed by atoms with E-state index in [4.69, 9.17) is 11.8 Å². The minimum Gasteiger partial charge on any atom is -0.391 e. The van der Waals surface area contributed by atoms with Gasteiger partial charge in [0.1, 0.15) is 0 Å². The Morgan fingerprint density at radius 2 is 1.83 bits per heavy atom. The van der Waals surface area contributed by atoms with Gasteiger partial charge in [-0.2, -0.15) is 0 Å². The topological polar surface area (TPSA) is 23.5 Å². The molecule has 1 aliphatic rings. The highest BCUT2D eigenvalue weighted by molar-refractivity contribution is 6.14. The molecule has 1 unspecified atom stereocenters. The maximum atomic E-state index is 9.71. The van der Waals surface area contributed by atoms with Gasteiger partial charge in [0.2, 0.25) is 0 Å². The summed E-state index contributed by atoms with van der Waals surface area (Å²) in [6.07, 6.45) is 1.47. The molecular weight excluding hydrogens is 174 g/mol. The SMILES string of the molecule is CC1(C)CCC(O)C(C)(C)N1Cl.